The summed E-state index contributed by atoms with van der Waals surface area (Å²) in [5, 5.41) is 4.00. The molecule has 2 heterocycles. The number of imidazole rings is 1. The second-order valence-electron chi connectivity index (χ2n) is 4.96. The molecule has 1 unspecified atom stereocenters. The lowest BCUT2D eigenvalue weighted by atomic mass is 10.2. The SMILES string of the molecule is CC(CNC(=O)Cn1ccnc1)c1nc2ccccc2s1. The second kappa shape index (κ2) is 6.05. The molecule has 1 aromatic carbocycles. The highest BCUT2D eigenvalue weighted by molar-refractivity contribution is 7.18. The van der Waals surface area contributed by atoms with Gasteiger partial charge in [-0.1, -0.05) is 19.1 Å². The van der Waals surface area contributed by atoms with E-state index in [4.69, 9.17) is 0 Å². The summed E-state index contributed by atoms with van der Waals surface area (Å²) in [4.78, 5) is 20.4. The summed E-state index contributed by atoms with van der Waals surface area (Å²) in [5.41, 5.74) is 1.02. The number of hydrogen-bond donors (Lipinski definition) is 1. The molecule has 6 heteroatoms. The number of carbonyl (C=O) groups excluding carboxylic acids is 1. The molecule has 0 spiro atoms. The first-order valence-corrected chi connectivity index (χ1v) is 7.62. The number of fused-ring (bicyclic) bond motifs is 1. The quantitative estimate of drug-likeness (QED) is 0.787. The van der Waals surface area contributed by atoms with E-state index < -0.39 is 0 Å². The highest BCUT2D eigenvalue weighted by atomic mass is 32.1. The smallest absolute Gasteiger partial charge is 0.239 e. The summed E-state index contributed by atoms with van der Waals surface area (Å²) < 4.78 is 2.93. The van der Waals surface area contributed by atoms with Crippen molar-refractivity contribution >= 4 is 27.5 Å². The Balaban J connectivity index is 1.58. The van der Waals surface area contributed by atoms with Crippen LogP contribution in [0.5, 0.6) is 0 Å². The molecule has 1 N–H and O–H groups in total. The Hall–Kier alpha value is -2.21. The van der Waals surface area contributed by atoms with Crippen LogP contribution in [-0.4, -0.2) is 27.0 Å². The lowest BCUT2D eigenvalue weighted by Gasteiger charge is -2.10. The van der Waals surface area contributed by atoms with Crippen molar-refractivity contribution in [3.05, 3.63) is 48.0 Å². The molecule has 3 rings (SSSR count). The van der Waals surface area contributed by atoms with Crippen LogP contribution in [0.4, 0.5) is 0 Å². The number of rotatable bonds is 5. The number of hydrogen-bond acceptors (Lipinski definition) is 4. The van der Waals surface area contributed by atoms with Gasteiger partial charge >= 0.3 is 0 Å². The summed E-state index contributed by atoms with van der Waals surface area (Å²) in [6.07, 6.45) is 5.07. The summed E-state index contributed by atoms with van der Waals surface area (Å²) in [5.74, 6) is 0.190. The maximum atomic E-state index is 11.8. The second-order valence-corrected chi connectivity index (χ2v) is 6.02. The molecule has 21 heavy (non-hydrogen) atoms. The zero-order valence-electron chi connectivity index (χ0n) is 11.7. The summed E-state index contributed by atoms with van der Waals surface area (Å²) in [6.45, 7) is 2.97. The average Bonchev–Trinajstić information content (AvgIpc) is 3.13. The number of para-hydroxylation sites is 1. The Morgan fingerprint density at radius 2 is 2.29 bits per heavy atom. The molecule has 2 aromatic heterocycles. The lowest BCUT2D eigenvalue weighted by molar-refractivity contribution is -0.121. The van der Waals surface area contributed by atoms with Gasteiger partial charge < -0.3 is 9.88 Å². The fourth-order valence-electron chi connectivity index (χ4n) is 2.06. The van der Waals surface area contributed by atoms with Crippen LogP contribution in [0.25, 0.3) is 10.2 Å². The molecule has 1 amide bonds. The predicted octanol–water partition coefficient (Wildman–Crippen LogP) is 2.41. The largest absolute Gasteiger partial charge is 0.354 e. The number of amides is 1. The number of carbonyl (C=O) groups is 1. The van der Waals surface area contributed by atoms with Crippen LogP contribution in [-0.2, 0) is 11.3 Å². The molecule has 108 valence electrons. The summed E-state index contributed by atoms with van der Waals surface area (Å²) in [7, 11) is 0. The molecule has 0 aliphatic heterocycles. The van der Waals surface area contributed by atoms with Crippen molar-refractivity contribution in [3.63, 3.8) is 0 Å². The third kappa shape index (κ3) is 3.28. The number of nitrogens with zero attached hydrogens (tertiary/aromatic N) is 3. The minimum absolute atomic E-state index is 0.0130. The van der Waals surface area contributed by atoms with Crippen molar-refractivity contribution in [1.29, 1.82) is 0 Å². The van der Waals surface area contributed by atoms with E-state index in [1.54, 1.807) is 34.6 Å². The summed E-state index contributed by atoms with van der Waals surface area (Å²) >= 11 is 1.68. The van der Waals surface area contributed by atoms with Crippen LogP contribution in [0, 0.1) is 0 Å². The topological polar surface area (TPSA) is 59.8 Å². The van der Waals surface area contributed by atoms with Gasteiger partial charge in [-0.05, 0) is 12.1 Å². The van der Waals surface area contributed by atoms with Gasteiger partial charge in [-0.25, -0.2) is 9.97 Å². The normalized spacial score (nSPS) is 12.4. The van der Waals surface area contributed by atoms with Gasteiger partial charge in [0.15, 0.2) is 0 Å². The first-order valence-electron chi connectivity index (χ1n) is 6.80. The minimum Gasteiger partial charge on any atom is -0.354 e. The molecule has 0 aliphatic rings. The number of nitrogens with one attached hydrogen (secondary N) is 1. The molecule has 0 radical (unpaired) electrons. The molecule has 3 aromatic rings. The van der Waals surface area contributed by atoms with E-state index in [0.717, 1.165) is 10.5 Å². The van der Waals surface area contributed by atoms with E-state index in [9.17, 15) is 4.79 Å². The Kier molecular flexibility index (Phi) is 3.96. The first kappa shape index (κ1) is 13.8. The fourth-order valence-corrected chi connectivity index (χ4v) is 3.08. The van der Waals surface area contributed by atoms with Crippen molar-refractivity contribution in [2.45, 2.75) is 19.4 Å². The fraction of sp³-hybridized carbons (Fsp3) is 0.267. The molecule has 5 nitrogen and oxygen atoms in total. The Labute approximate surface area is 126 Å². The molecule has 0 bridgehead atoms. The number of thiazole rings is 1. The Bertz CT molecular complexity index is 702. The monoisotopic (exact) mass is 300 g/mol. The van der Waals surface area contributed by atoms with Gasteiger partial charge in [-0.15, -0.1) is 11.3 Å². The molecule has 0 fully saturated rings. The van der Waals surface area contributed by atoms with Gasteiger partial charge in [0.1, 0.15) is 6.54 Å². The molecule has 1 atom stereocenters. The van der Waals surface area contributed by atoms with Crippen LogP contribution < -0.4 is 5.32 Å². The van der Waals surface area contributed by atoms with E-state index in [2.05, 4.69) is 28.3 Å². The highest BCUT2D eigenvalue weighted by Crippen LogP contribution is 2.26. The minimum atomic E-state index is -0.0130. The van der Waals surface area contributed by atoms with E-state index in [-0.39, 0.29) is 11.8 Å². The Morgan fingerprint density at radius 3 is 3.05 bits per heavy atom. The van der Waals surface area contributed by atoms with Crippen molar-refractivity contribution < 1.29 is 4.79 Å². The maximum Gasteiger partial charge on any atom is 0.239 e. The standard InChI is InChI=1S/C15H16N4OS/c1-11(8-17-14(20)9-19-7-6-16-10-19)15-18-12-4-2-3-5-13(12)21-15/h2-7,10-11H,8-9H2,1H3,(H,17,20). The van der Waals surface area contributed by atoms with E-state index in [0.29, 0.717) is 13.1 Å². The van der Waals surface area contributed by atoms with Gasteiger partial charge in [0.2, 0.25) is 5.91 Å². The van der Waals surface area contributed by atoms with E-state index >= 15 is 0 Å². The van der Waals surface area contributed by atoms with E-state index in [1.165, 1.54) is 4.70 Å². The highest BCUT2D eigenvalue weighted by Gasteiger charge is 2.12. The van der Waals surface area contributed by atoms with Gasteiger partial charge in [-0.2, -0.15) is 0 Å². The van der Waals surface area contributed by atoms with E-state index in [1.807, 2.05) is 18.2 Å². The lowest BCUT2D eigenvalue weighted by Crippen LogP contribution is -2.30. The number of benzene rings is 1. The van der Waals surface area contributed by atoms with Gasteiger partial charge in [0.25, 0.3) is 0 Å². The van der Waals surface area contributed by atoms with Crippen LogP contribution in [0.15, 0.2) is 43.0 Å². The van der Waals surface area contributed by atoms with Crippen molar-refractivity contribution in [2.24, 2.45) is 0 Å². The van der Waals surface area contributed by atoms with Crippen molar-refractivity contribution in [2.75, 3.05) is 6.54 Å². The molecule has 0 saturated carbocycles. The van der Waals surface area contributed by atoms with Crippen LogP contribution in [0.3, 0.4) is 0 Å². The predicted molar refractivity (Wildman–Crippen MR) is 83.3 cm³/mol. The zero-order chi connectivity index (χ0) is 14.7. The molecule has 0 saturated heterocycles. The summed E-state index contributed by atoms with van der Waals surface area (Å²) in [6, 6.07) is 8.09. The first-order chi connectivity index (χ1) is 10.2. The van der Waals surface area contributed by atoms with Gasteiger partial charge in [0.05, 0.1) is 21.6 Å². The number of aromatic nitrogens is 3. The van der Waals surface area contributed by atoms with Gasteiger partial charge in [-0.3, -0.25) is 4.79 Å². The molecular weight excluding hydrogens is 284 g/mol. The Morgan fingerprint density at radius 1 is 1.43 bits per heavy atom. The van der Waals surface area contributed by atoms with Crippen LogP contribution in [0.2, 0.25) is 0 Å². The third-order valence-corrected chi connectivity index (χ3v) is 4.49. The zero-order valence-corrected chi connectivity index (χ0v) is 12.5. The van der Waals surface area contributed by atoms with Gasteiger partial charge in [0, 0.05) is 24.9 Å². The van der Waals surface area contributed by atoms with Crippen LogP contribution >= 0.6 is 11.3 Å². The van der Waals surface area contributed by atoms with Crippen molar-refractivity contribution in [1.82, 2.24) is 19.9 Å². The molecule has 0 aliphatic carbocycles. The maximum absolute atomic E-state index is 11.8. The molecular formula is C15H16N4OS. The average molecular weight is 300 g/mol. The third-order valence-electron chi connectivity index (χ3n) is 3.22. The van der Waals surface area contributed by atoms with Crippen LogP contribution in [0.1, 0.15) is 17.8 Å². The van der Waals surface area contributed by atoms with Crippen molar-refractivity contribution in [3.8, 4) is 0 Å².